The Morgan fingerprint density at radius 1 is 1.41 bits per heavy atom. The third-order valence-electron chi connectivity index (χ3n) is 4.71. The number of carbonyl (C=O) groups is 1. The van der Waals surface area contributed by atoms with Gasteiger partial charge in [-0.15, -0.1) is 0 Å². The molecule has 1 aromatic carbocycles. The molecule has 156 valence electrons. The number of ketones is 1. The van der Waals surface area contributed by atoms with E-state index in [0.717, 1.165) is 6.07 Å². The van der Waals surface area contributed by atoms with Gasteiger partial charge in [0.2, 0.25) is 21.8 Å². The smallest absolute Gasteiger partial charge is 0.224 e. The highest BCUT2D eigenvalue weighted by atomic mass is 32.2. The summed E-state index contributed by atoms with van der Waals surface area (Å²) < 4.78 is 44.0. The summed E-state index contributed by atoms with van der Waals surface area (Å²) >= 11 is 0. The van der Waals surface area contributed by atoms with Gasteiger partial charge in [-0.25, -0.2) is 17.8 Å². The molecule has 0 aliphatic carbocycles. The largest absolute Gasteiger partial charge is 0.496 e. The zero-order valence-corrected chi connectivity index (χ0v) is 16.9. The van der Waals surface area contributed by atoms with Crippen molar-refractivity contribution in [3.05, 3.63) is 41.3 Å². The SMILES string of the molecule is CCS(=O)(=O)N1CCC(Nc2ncc(C(=O)c3cc(F)ccc3OC)c(N)n2)C1. The van der Waals surface area contributed by atoms with Crippen LogP contribution in [-0.4, -0.2) is 60.5 Å². The van der Waals surface area contributed by atoms with Crippen LogP contribution >= 0.6 is 0 Å². The van der Waals surface area contributed by atoms with Crippen molar-refractivity contribution in [3.63, 3.8) is 0 Å². The number of halogens is 1. The molecule has 2 heterocycles. The van der Waals surface area contributed by atoms with Gasteiger partial charge in [0.1, 0.15) is 17.4 Å². The van der Waals surface area contributed by atoms with Crippen LogP contribution in [0, 0.1) is 5.82 Å². The summed E-state index contributed by atoms with van der Waals surface area (Å²) in [5, 5.41) is 3.04. The third kappa shape index (κ3) is 4.46. The summed E-state index contributed by atoms with van der Waals surface area (Å²) in [6, 6.07) is 3.44. The highest BCUT2D eigenvalue weighted by molar-refractivity contribution is 7.89. The second-order valence-electron chi connectivity index (χ2n) is 6.55. The Hall–Kier alpha value is -2.79. The first kappa shape index (κ1) is 20.9. The minimum absolute atomic E-state index is 0.0136. The number of nitrogens with two attached hydrogens (primary N) is 1. The number of methoxy groups -OCH3 is 1. The number of benzene rings is 1. The Labute approximate surface area is 168 Å². The molecule has 9 nitrogen and oxygen atoms in total. The fourth-order valence-corrected chi connectivity index (χ4v) is 4.26. The van der Waals surface area contributed by atoms with E-state index in [0.29, 0.717) is 19.5 Å². The van der Waals surface area contributed by atoms with Crippen LogP contribution in [-0.2, 0) is 10.0 Å². The first-order valence-corrected chi connectivity index (χ1v) is 10.6. The zero-order chi connectivity index (χ0) is 21.2. The second-order valence-corrected chi connectivity index (χ2v) is 8.81. The van der Waals surface area contributed by atoms with Crippen LogP contribution in [0.4, 0.5) is 16.2 Å². The summed E-state index contributed by atoms with van der Waals surface area (Å²) in [5.74, 6) is -0.781. The van der Waals surface area contributed by atoms with Gasteiger partial charge < -0.3 is 15.8 Å². The maximum Gasteiger partial charge on any atom is 0.224 e. The van der Waals surface area contributed by atoms with Crippen LogP contribution in [0.5, 0.6) is 5.75 Å². The Morgan fingerprint density at radius 2 is 2.17 bits per heavy atom. The molecule has 0 saturated carbocycles. The van der Waals surface area contributed by atoms with E-state index in [4.69, 9.17) is 10.5 Å². The van der Waals surface area contributed by atoms with Gasteiger partial charge in [0.05, 0.1) is 24.0 Å². The Balaban J connectivity index is 1.76. The first-order chi connectivity index (χ1) is 13.7. The van der Waals surface area contributed by atoms with Gasteiger partial charge in [-0.1, -0.05) is 0 Å². The minimum Gasteiger partial charge on any atom is -0.496 e. The quantitative estimate of drug-likeness (QED) is 0.638. The molecule has 29 heavy (non-hydrogen) atoms. The highest BCUT2D eigenvalue weighted by Crippen LogP contribution is 2.25. The van der Waals surface area contributed by atoms with Gasteiger partial charge in [0.25, 0.3) is 0 Å². The van der Waals surface area contributed by atoms with Gasteiger partial charge in [-0.05, 0) is 31.5 Å². The normalized spacial score (nSPS) is 17.3. The molecule has 3 N–H and O–H groups in total. The number of sulfonamides is 1. The van der Waals surface area contributed by atoms with Crippen molar-refractivity contribution in [2.75, 3.05) is 37.0 Å². The topological polar surface area (TPSA) is 128 Å². The molecule has 0 amide bonds. The van der Waals surface area contributed by atoms with E-state index in [9.17, 15) is 17.6 Å². The summed E-state index contributed by atoms with van der Waals surface area (Å²) in [4.78, 5) is 21.0. The lowest BCUT2D eigenvalue weighted by atomic mass is 10.0. The Morgan fingerprint density at radius 3 is 2.83 bits per heavy atom. The number of hydrogen-bond donors (Lipinski definition) is 2. The minimum atomic E-state index is -3.25. The molecule has 0 radical (unpaired) electrons. The number of ether oxygens (including phenoxy) is 1. The predicted molar refractivity (Wildman–Crippen MR) is 106 cm³/mol. The lowest BCUT2D eigenvalue weighted by molar-refractivity contribution is 0.103. The standard InChI is InChI=1S/C18H22FN5O4S/c1-3-29(26,27)24-7-6-12(10-24)22-18-21-9-14(17(20)23-18)16(25)13-8-11(19)4-5-15(13)28-2/h4-5,8-9,12H,3,6-7,10H2,1-2H3,(H3,20,21,22,23). The molecule has 1 unspecified atom stereocenters. The average Bonchev–Trinajstić information content (AvgIpc) is 3.17. The van der Waals surface area contributed by atoms with Crippen molar-refractivity contribution in [1.29, 1.82) is 0 Å². The third-order valence-corrected chi connectivity index (χ3v) is 6.56. The molecule has 1 aromatic heterocycles. The number of carbonyl (C=O) groups excluding carboxylic acids is 1. The fraction of sp³-hybridized carbons (Fsp3) is 0.389. The maximum absolute atomic E-state index is 13.6. The van der Waals surface area contributed by atoms with Crippen LogP contribution in [0.25, 0.3) is 0 Å². The van der Waals surface area contributed by atoms with Crippen LogP contribution in [0.2, 0.25) is 0 Å². The Kier molecular flexibility index (Phi) is 5.99. The van der Waals surface area contributed by atoms with E-state index in [2.05, 4.69) is 15.3 Å². The van der Waals surface area contributed by atoms with Crippen molar-refractivity contribution in [2.45, 2.75) is 19.4 Å². The highest BCUT2D eigenvalue weighted by Gasteiger charge is 2.30. The van der Waals surface area contributed by atoms with Gasteiger partial charge in [-0.3, -0.25) is 4.79 Å². The van der Waals surface area contributed by atoms with Crippen molar-refractivity contribution in [1.82, 2.24) is 14.3 Å². The number of anilines is 2. The summed E-state index contributed by atoms with van der Waals surface area (Å²) in [5.41, 5.74) is 5.96. The molecule has 3 rings (SSSR count). The van der Waals surface area contributed by atoms with E-state index in [1.807, 2.05) is 0 Å². The molecule has 0 spiro atoms. The van der Waals surface area contributed by atoms with Crippen LogP contribution in [0.15, 0.2) is 24.4 Å². The number of hydrogen-bond acceptors (Lipinski definition) is 8. The molecule has 1 atom stereocenters. The Bertz CT molecular complexity index is 1030. The van der Waals surface area contributed by atoms with E-state index in [-0.39, 0.29) is 40.4 Å². The van der Waals surface area contributed by atoms with Crippen molar-refractivity contribution < 1.29 is 22.3 Å². The van der Waals surface area contributed by atoms with Crippen LogP contribution in [0.1, 0.15) is 29.3 Å². The lowest BCUT2D eigenvalue weighted by Gasteiger charge is -2.16. The van der Waals surface area contributed by atoms with Gasteiger partial charge in [0, 0.05) is 25.3 Å². The van der Waals surface area contributed by atoms with Crippen molar-refractivity contribution >= 4 is 27.6 Å². The molecule has 11 heteroatoms. The molecule has 0 bridgehead atoms. The molecule has 1 aliphatic heterocycles. The molecule has 1 fully saturated rings. The molecule has 1 aliphatic rings. The number of rotatable bonds is 7. The number of nitrogens with one attached hydrogen (secondary N) is 1. The van der Waals surface area contributed by atoms with E-state index >= 15 is 0 Å². The maximum atomic E-state index is 13.6. The molecule has 2 aromatic rings. The van der Waals surface area contributed by atoms with Crippen molar-refractivity contribution in [3.8, 4) is 5.75 Å². The van der Waals surface area contributed by atoms with E-state index in [1.54, 1.807) is 6.92 Å². The molecule has 1 saturated heterocycles. The summed E-state index contributed by atoms with van der Waals surface area (Å²) in [6.07, 6.45) is 1.86. The fourth-order valence-electron chi connectivity index (χ4n) is 3.11. The first-order valence-electron chi connectivity index (χ1n) is 9.00. The number of nitrogen functional groups attached to an aromatic ring is 1. The summed E-state index contributed by atoms with van der Waals surface area (Å²) in [6.45, 7) is 2.32. The van der Waals surface area contributed by atoms with E-state index in [1.165, 1.54) is 29.7 Å². The number of aromatic nitrogens is 2. The predicted octanol–water partition coefficient (Wildman–Crippen LogP) is 1.27. The van der Waals surface area contributed by atoms with E-state index < -0.39 is 21.6 Å². The van der Waals surface area contributed by atoms with Gasteiger partial charge in [-0.2, -0.15) is 9.29 Å². The molecular weight excluding hydrogens is 401 g/mol. The van der Waals surface area contributed by atoms with Crippen LogP contribution < -0.4 is 15.8 Å². The van der Waals surface area contributed by atoms with Gasteiger partial charge in [0.15, 0.2) is 0 Å². The van der Waals surface area contributed by atoms with Crippen molar-refractivity contribution in [2.24, 2.45) is 0 Å². The number of nitrogens with zero attached hydrogens (tertiary/aromatic N) is 3. The van der Waals surface area contributed by atoms with Gasteiger partial charge >= 0.3 is 0 Å². The summed E-state index contributed by atoms with van der Waals surface area (Å²) in [7, 11) is -1.87. The van der Waals surface area contributed by atoms with Crippen LogP contribution in [0.3, 0.4) is 0 Å². The monoisotopic (exact) mass is 423 g/mol. The lowest BCUT2D eigenvalue weighted by Crippen LogP contribution is -2.33. The zero-order valence-electron chi connectivity index (χ0n) is 16.1. The average molecular weight is 423 g/mol. The molecular formula is C18H22FN5O4S. The second kappa shape index (κ2) is 8.29.